The molecule has 0 aliphatic heterocycles. The quantitative estimate of drug-likeness (QED) is 0.789. The predicted molar refractivity (Wildman–Crippen MR) is 78.2 cm³/mol. The molecule has 0 fully saturated rings. The molecule has 0 radical (unpaired) electrons. The van der Waals surface area contributed by atoms with Gasteiger partial charge in [-0.05, 0) is 36.2 Å². The molecule has 0 saturated carbocycles. The number of rotatable bonds is 3. The maximum Gasteiger partial charge on any atom is 0.323 e. The van der Waals surface area contributed by atoms with Crippen LogP contribution < -0.4 is 16.4 Å². The number of anilines is 2. The Hall–Kier alpha value is -2.33. The van der Waals surface area contributed by atoms with E-state index in [0.717, 1.165) is 22.5 Å². The Labute approximate surface area is 112 Å². The van der Waals surface area contributed by atoms with Gasteiger partial charge in [-0.3, -0.25) is 0 Å². The van der Waals surface area contributed by atoms with Crippen molar-refractivity contribution in [2.75, 3.05) is 10.6 Å². The molecule has 0 aliphatic rings. The van der Waals surface area contributed by atoms with Gasteiger partial charge in [0, 0.05) is 17.9 Å². The maximum atomic E-state index is 11.9. The van der Waals surface area contributed by atoms with Crippen molar-refractivity contribution < 1.29 is 4.79 Å². The molecule has 19 heavy (non-hydrogen) atoms. The van der Waals surface area contributed by atoms with Crippen molar-refractivity contribution in [3.8, 4) is 0 Å². The zero-order chi connectivity index (χ0) is 13.7. The number of urea groups is 1. The smallest absolute Gasteiger partial charge is 0.323 e. The van der Waals surface area contributed by atoms with E-state index in [-0.39, 0.29) is 6.03 Å². The normalized spacial score (nSPS) is 10.0. The van der Waals surface area contributed by atoms with Gasteiger partial charge in [-0.2, -0.15) is 0 Å². The van der Waals surface area contributed by atoms with E-state index in [0.29, 0.717) is 6.54 Å². The first kappa shape index (κ1) is 13.1. The number of para-hydroxylation sites is 1. The lowest BCUT2D eigenvalue weighted by molar-refractivity contribution is 0.262. The molecule has 98 valence electrons. The molecule has 4 N–H and O–H groups in total. The third-order valence-corrected chi connectivity index (χ3v) is 2.82. The molecular formula is C15H17N3O. The highest BCUT2D eigenvalue weighted by Crippen LogP contribution is 2.17. The number of amides is 2. The van der Waals surface area contributed by atoms with Gasteiger partial charge in [0.2, 0.25) is 0 Å². The van der Waals surface area contributed by atoms with Gasteiger partial charge in [0.05, 0.1) is 0 Å². The number of carbonyl (C=O) groups is 1. The summed E-state index contributed by atoms with van der Waals surface area (Å²) in [5, 5.41) is 5.60. The van der Waals surface area contributed by atoms with Gasteiger partial charge in [-0.25, -0.2) is 4.79 Å². The lowest BCUT2D eigenvalue weighted by Gasteiger charge is -2.11. The van der Waals surface area contributed by atoms with E-state index in [1.165, 1.54) is 0 Å². The average Bonchev–Trinajstić information content (AvgIpc) is 2.42. The van der Waals surface area contributed by atoms with Crippen molar-refractivity contribution in [3.63, 3.8) is 0 Å². The Morgan fingerprint density at radius 3 is 2.53 bits per heavy atom. The SMILES string of the molecule is Cc1ccc(CN)cc1NC(=O)Nc1ccccc1. The van der Waals surface area contributed by atoms with E-state index in [1.54, 1.807) is 0 Å². The Morgan fingerprint density at radius 2 is 1.84 bits per heavy atom. The molecule has 0 unspecified atom stereocenters. The van der Waals surface area contributed by atoms with Gasteiger partial charge >= 0.3 is 6.03 Å². The van der Waals surface area contributed by atoms with Crippen molar-refractivity contribution in [1.29, 1.82) is 0 Å². The van der Waals surface area contributed by atoms with Gasteiger partial charge in [0.1, 0.15) is 0 Å². The largest absolute Gasteiger partial charge is 0.326 e. The predicted octanol–water partition coefficient (Wildman–Crippen LogP) is 3.10. The molecule has 0 heterocycles. The van der Waals surface area contributed by atoms with Crippen molar-refractivity contribution in [2.24, 2.45) is 5.73 Å². The highest BCUT2D eigenvalue weighted by molar-refractivity contribution is 6.00. The summed E-state index contributed by atoms with van der Waals surface area (Å²) in [4.78, 5) is 11.9. The third kappa shape index (κ3) is 3.56. The monoisotopic (exact) mass is 255 g/mol. The van der Waals surface area contributed by atoms with Crippen LogP contribution in [0.4, 0.5) is 16.2 Å². The van der Waals surface area contributed by atoms with E-state index in [9.17, 15) is 4.79 Å². The van der Waals surface area contributed by atoms with Gasteiger partial charge in [-0.15, -0.1) is 0 Å². The number of hydrogen-bond acceptors (Lipinski definition) is 2. The highest BCUT2D eigenvalue weighted by atomic mass is 16.2. The molecule has 4 heteroatoms. The second kappa shape index (κ2) is 6.02. The molecule has 0 spiro atoms. The molecular weight excluding hydrogens is 238 g/mol. The summed E-state index contributed by atoms with van der Waals surface area (Å²) in [5.41, 5.74) is 9.11. The Bertz CT molecular complexity index is 567. The first-order valence-electron chi connectivity index (χ1n) is 6.11. The Balaban J connectivity index is 2.06. The number of aryl methyl sites for hydroxylation is 1. The molecule has 2 aromatic carbocycles. The van der Waals surface area contributed by atoms with Crippen molar-refractivity contribution in [3.05, 3.63) is 59.7 Å². The second-order valence-corrected chi connectivity index (χ2v) is 4.30. The zero-order valence-electron chi connectivity index (χ0n) is 10.8. The summed E-state index contributed by atoms with van der Waals surface area (Å²) in [6.45, 7) is 2.40. The van der Waals surface area contributed by atoms with Gasteiger partial charge in [0.15, 0.2) is 0 Å². The van der Waals surface area contributed by atoms with Crippen LogP contribution in [0.2, 0.25) is 0 Å². The number of benzene rings is 2. The standard InChI is InChI=1S/C15H17N3O/c1-11-7-8-12(10-16)9-14(11)18-15(19)17-13-5-3-2-4-6-13/h2-9H,10,16H2,1H3,(H2,17,18,19). The van der Waals surface area contributed by atoms with Crippen LogP contribution >= 0.6 is 0 Å². The van der Waals surface area contributed by atoms with E-state index < -0.39 is 0 Å². The van der Waals surface area contributed by atoms with Gasteiger partial charge in [0.25, 0.3) is 0 Å². The molecule has 0 atom stereocenters. The number of hydrogen-bond donors (Lipinski definition) is 3. The van der Waals surface area contributed by atoms with Crippen LogP contribution in [0.5, 0.6) is 0 Å². The third-order valence-electron chi connectivity index (χ3n) is 2.82. The first-order chi connectivity index (χ1) is 9.19. The lowest BCUT2D eigenvalue weighted by atomic mass is 10.1. The fraction of sp³-hybridized carbons (Fsp3) is 0.133. The molecule has 0 aliphatic carbocycles. The summed E-state index contributed by atoms with van der Waals surface area (Å²) in [6, 6.07) is 14.8. The van der Waals surface area contributed by atoms with Crippen LogP contribution in [0.1, 0.15) is 11.1 Å². The molecule has 0 saturated heterocycles. The van der Waals surface area contributed by atoms with Crippen LogP contribution in [0.25, 0.3) is 0 Å². The van der Waals surface area contributed by atoms with Crippen LogP contribution in [0, 0.1) is 6.92 Å². The highest BCUT2D eigenvalue weighted by Gasteiger charge is 2.05. The van der Waals surface area contributed by atoms with Crippen LogP contribution in [-0.4, -0.2) is 6.03 Å². The molecule has 2 rings (SSSR count). The second-order valence-electron chi connectivity index (χ2n) is 4.30. The molecule has 2 amide bonds. The van der Waals surface area contributed by atoms with Crippen molar-refractivity contribution >= 4 is 17.4 Å². The van der Waals surface area contributed by atoms with Crippen LogP contribution in [0.3, 0.4) is 0 Å². The van der Waals surface area contributed by atoms with Crippen LogP contribution in [0.15, 0.2) is 48.5 Å². The maximum absolute atomic E-state index is 11.9. The minimum atomic E-state index is -0.261. The summed E-state index contributed by atoms with van der Waals surface area (Å²) in [5.74, 6) is 0. The molecule has 4 nitrogen and oxygen atoms in total. The van der Waals surface area contributed by atoms with E-state index >= 15 is 0 Å². The zero-order valence-corrected chi connectivity index (χ0v) is 10.8. The fourth-order valence-electron chi connectivity index (χ4n) is 1.74. The van der Waals surface area contributed by atoms with Crippen molar-refractivity contribution in [1.82, 2.24) is 0 Å². The Kier molecular flexibility index (Phi) is 4.15. The first-order valence-corrected chi connectivity index (χ1v) is 6.11. The minimum Gasteiger partial charge on any atom is -0.326 e. The molecule has 0 aromatic heterocycles. The van der Waals surface area contributed by atoms with E-state index in [1.807, 2.05) is 55.5 Å². The Morgan fingerprint density at radius 1 is 1.11 bits per heavy atom. The summed E-state index contributed by atoms with van der Waals surface area (Å²) in [7, 11) is 0. The number of nitrogens with one attached hydrogen (secondary N) is 2. The summed E-state index contributed by atoms with van der Waals surface area (Å²) >= 11 is 0. The number of nitrogens with two attached hydrogens (primary N) is 1. The van der Waals surface area contributed by atoms with Gasteiger partial charge < -0.3 is 16.4 Å². The molecule has 0 bridgehead atoms. The van der Waals surface area contributed by atoms with E-state index in [4.69, 9.17) is 5.73 Å². The lowest BCUT2D eigenvalue weighted by Crippen LogP contribution is -2.20. The average molecular weight is 255 g/mol. The van der Waals surface area contributed by atoms with Gasteiger partial charge in [-0.1, -0.05) is 30.3 Å². The summed E-state index contributed by atoms with van der Waals surface area (Å²) < 4.78 is 0. The summed E-state index contributed by atoms with van der Waals surface area (Å²) in [6.07, 6.45) is 0. The number of carbonyl (C=O) groups excluding carboxylic acids is 1. The van der Waals surface area contributed by atoms with E-state index in [2.05, 4.69) is 10.6 Å². The minimum absolute atomic E-state index is 0.261. The van der Waals surface area contributed by atoms with Crippen LogP contribution in [-0.2, 0) is 6.54 Å². The topological polar surface area (TPSA) is 67.1 Å². The molecule has 2 aromatic rings. The van der Waals surface area contributed by atoms with Crippen molar-refractivity contribution in [2.45, 2.75) is 13.5 Å². The fourth-order valence-corrected chi connectivity index (χ4v) is 1.74.